The summed E-state index contributed by atoms with van der Waals surface area (Å²) in [6.45, 7) is 17.7. The summed E-state index contributed by atoms with van der Waals surface area (Å²) in [5.74, 6) is -0.685. The van der Waals surface area contributed by atoms with Crippen molar-refractivity contribution >= 4 is 44.7 Å². The van der Waals surface area contributed by atoms with E-state index in [-0.39, 0.29) is 28.8 Å². The maximum Gasteiger partial charge on any atom is 0.341 e. The normalized spacial score (nSPS) is 10.6. The van der Waals surface area contributed by atoms with Crippen LogP contribution in [-0.2, 0) is 19.0 Å². The summed E-state index contributed by atoms with van der Waals surface area (Å²) in [6, 6.07) is 8.12. The number of hydrogen-bond acceptors (Lipinski definition) is 11. The van der Waals surface area contributed by atoms with E-state index in [1.807, 2.05) is 4.90 Å². The molecule has 38 heavy (non-hydrogen) atoms. The average Bonchev–Trinajstić information content (AvgIpc) is 3.31. The monoisotopic (exact) mass is 542 g/mol. The topological polar surface area (TPSA) is 133 Å². The summed E-state index contributed by atoms with van der Waals surface area (Å²) in [6.07, 6.45) is 0. The molecule has 1 aromatic heterocycles. The zero-order valence-corrected chi connectivity index (χ0v) is 22.4. The zero-order valence-electron chi connectivity index (χ0n) is 21.6. The smallest absolute Gasteiger partial charge is 0.341 e. The van der Waals surface area contributed by atoms with Crippen molar-refractivity contribution in [2.45, 2.75) is 20.8 Å². The summed E-state index contributed by atoms with van der Waals surface area (Å²) >= 11 is 0.732. The minimum atomic E-state index is -0.708. The lowest BCUT2D eigenvalue weighted by Crippen LogP contribution is -2.31. The summed E-state index contributed by atoms with van der Waals surface area (Å²) < 4.78 is 15.8. The van der Waals surface area contributed by atoms with Gasteiger partial charge in [-0.1, -0.05) is 19.7 Å². The number of rotatable bonds is 15. The van der Waals surface area contributed by atoms with Crippen LogP contribution in [0.1, 0.15) is 31.1 Å². The van der Waals surface area contributed by atoms with Gasteiger partial charge in [0.2, 0.25) is 0 Å². The molecule has 0 aliphatic carbocycles. The molecule has 202 valence electrons. The fourth-order valence-corrected chi connectivity index (χ4v) is 3.65. The van der Waals surface area contributed by atoms with Crippen LogP contribution in [0.25, 0.3) is 0 Å². The fourth-order valence-electron chi connectivity index (χ4n) is 2.87. The first-order valence-corrected chi connectivity index (χ1v) is 12.4. The van der Waals surface area contributed by atoms with Crippen molar-refractivity contribution in [2.75, 3.05) is 37.8 Å². The van der Waals surface area contributed by atoms with Crippen LogP contribution in [0.2, 0.25) is 0 Å². The van der Waals surface area contributed by atoms with Gasteiger partial charge < -0.3 is 19.1 Å². The summed E-state index contributed by atoms with van der Waals surface area (Å²) in [4.78, 5) is 36.4. The number of allylic oxidation sites excluding steroid dienone is 1. The molecule has 1 heterocycles. The quantitative estimate of drug-likeness (QED) is 0.0488. The first-order chi connectivity index (χ1) is 18.0. The number of hydrogen-bond donors (Lipinski definition) is 0. The maximum atomic E-state index is 12.2. The Bertz CT molecular complexity index is 1200. The van der Waals surface area contributed by atoms with Crippen molar-refractivity contribution < 1.29 is 28.7 Å². The van der Waals surface area contributed by atoms with E-state index in [1.165, 1.54) is 0 Å². The van der Waals surface area contributed by atoms with E-state index in [1.54, 1.807) is 45.0 Å². The highest BCUT2D eigenvalue weighted by atomic mass is 32.1. The number of esters is 2. The highest BCUT2D eigenvalue weighted by Gasteiger charge is 2.23. The van der Waals surface area contributed by atoms with Crippen molar-refractivity contribution in [3.05, 3.63) is 82.7 Å². The van der Waals surface area contributed by atoms with Crippen LogP contribution in [0.15, 0.2) is 77.2 Å². The Morgan fingerprint density at radius 3 is 2.18 bits per heavy atom. The molecule has 0 bridgehead atoms. The second kappa shape index (κ2) is 14.4. The lowest BCUT2D eigenvalue weighted by Gasteiger charge is -2.25. The molecular formula is C26H30N4O7S. The predicted octanol–water partition coefficient (Wildman–Crippen LogP) is 6.28. The minimum Gasteiger partial charge on any atom is -0.492 e. The number of nitro groups is 1. The number of carbonyl (C=O) groups excluding carboxylic acids is 2. The number of anilines is 1. The Morgan fingerprint density at radius 1 is 1.00 bits per heavy atom. The van der Waals surface area contributed by atoms with Gasteiger partial charge in [0, 0.05) is 17.3 Å². The third-order valence-electron chi connectivity index (χ3n) is 4.90. The third kappa shape index (κ3) is 8.96. The molecule has 11 nitrogen and oxygen atoms in total. The lowest BCUT2D eigenvalue weighted by atomic mass is 10.2. The lowest BCUT2D eigenvalue weighted by molar-refractivity contribution is -0.380. The van der Waals surface area contributed by atoms with Gasteiger partial charge in [-0.3, -0.25) is 10.1 Å². The molecule has 0 saturated carbocycles. The van der Waals surface area contributed by atoms with E-state index in [9.17, 15) is 19.7 Å². The van der Waals surface area contributed by atoms with Crippen molar-refractivity contribution in [1.29, 1.82) is 0 Å². The second-order valence-electron chi connectivity index (χ2n) is 7.95. The fraction of sp³-hybridized carbons (Fsp3) is 0.308. The molecule has 0 radical (unpaired) electrons. The molecule has 0 aliphatic rings. The average molecular weight is 543 g/mol. The second-order valence-corrected chi connectivity index (χ2v) is 8.96. The highest BCUT2D eigenvalue weighted by Crippen LogP contribution is 2.37. The number of carbonyl (C=O) groups is 2. The SMILES string of the molecule is C=C(C)C(=C)OCCN(CCOC(=O)C(=C)C)c1ccc(N=Nc2sc([N+](=O)[O-])cc2C(=O)OCC)cc1. The van der Waals surface area contributed by atoms with E-state index in [0.717, 1.165) is 28.7 Å². The van der Waals surface area contributed by atoms with Gasteiger partial charge >= 0.3 is 16.9 Å². The Kier molecular flexibility index (Phi) is 11.4. The summed E-state index contributed by atoms with van der Waals surface area (Å²) in [5.41, 5.74) is 2.29. The van der Waals surface area contributed by atoms with E-state index in [4.69, 9.17) is 14.2 Å². The van der Waals surface area contributed by atoms with E-state index < -0.39 is 16.9 Å². The number of nitrogens with zero attached hydrogens (tertiary/aromatic N) is 4. The Morgan fingerprint density at radius 2 is 1.63 bits per heavy atom. The number of thiophene rings is 1. The molecule has 2 aromatic rings. The molecule has 0 atom stereocenters. The van der Waals surface area contributed by atoms with E-state index in [0.29, 0.717) is 36.7 Å². The van der Waals surface area contributed by atoms with Crippen LogP contribution in [0, 0.1) is 10.1 Å². The summed E-state index contributed by atoms with van der Waals surface area (Å²) in [5, 5.41) is 19.2. The van der Waals surface area contributed by atoms with Crippen LogP contribution >= 0.6 is 11.3 Å². The molecule has 0 N–H and O–H groups in total. The van der Waals surface area contributed by atoms with Gasteiger partial charge in [0.1, 0.15) is 24.5 Å². The van der Waals surface area contributed by atoms with Gasteiger partial charge in [-0.25, -0.2) is 9.59 Å². The van der Waals surface area contributed by atoms with Crippen LogP contribution in [0.5, 0.6) is 0 Å². The summed E-state index contributed by atoms with van der Waals surface area (Å²) in [7, 11) is 0. The first kappa shape index (κ1) is 29.9. The van der Waals surface area contributed by atoms with Crippen molar-refractivity contribution in [3.63, 3.8) is 0 Å². The molecule has 0 fully saturated rings. The molecule has 0 aliphatic heterocycles. The Hall–Kier alpha value is -4.32. The van der Waals surface area contributed by atoms with Crippen molar-refractivity contribution in [2.24, 2.45) is 10.2 Å². The Balaban J connectivity index is 2.18. The zero-order chi connectivity index (χ0) is 28.2. The van der Waals surface area contributed by atoms with E-state index >= 15 is 0 Å². The molecule has 1 aromatic carbocycles. The van der Waals surface area contributed by atoms with Crippen molar-refractivity contribution in [3.8, 4) is 0 Å². The van der Waals surface area contributed by atoms with Crippen LogP contribution in [0.3, 0.4) is 0 Å². The number of benzene rings is 1. The molecular weight excluding hydrogens is 512 g/mol. The van der Waals surface area contributed by atoms with Crippen LogP contribution < -0.4 is 4.90 Å². The first-order valence-electron chi connectivity index (χ1n) is 11.6. The maximum absolute atomic E-state index is 12.2. The number of azo groups is 1. The standard InChI is InChI=1S/C26H30N4O7S/c1-7-35-26(32)22-16-23(30(33)34)38-24(22)28-27-20-8-10-21(11-9-20)29(12-14-36-19(6)17(2)3)13-15-37-25(31)18(4)5/h8-11,16H,2,4,6-7,12-15H2,1,3,5H3. The van der Waals surface area contributed by atoms with E-state index in [2.05, 4.69) is 30.0 Å². The minimum absolute atomic E-state index is 0.0178. The largest absolute Gasteiger partial charge is 0.492 e. The van der Waals surface area contributed by atoms with Gasteiger partial charge in [-0.2, -0.15) is 0 Å². The molecule has 0 spiro atoms. The highest BCUT2D eigenvalue weighted by molar-refractivity contribution is 7.19. The molecule has 12 heteroatoms. The van der Waals surface area contributed by atoms with Gasteiger partial charge in [0.25, 0.3) is 0 Å². The van der Waals surface area contributed by atoms with Gasteiger partial charge in [-0.15, -0.1) is 10.2 Å². The van der Waals surface area contributed by atoms with Crippen LogP contribution in [0.4, 0.5) is 21.4 Å². The molecule has 0 unspecified atom stereocenters. The molecule has 0 amide bonds. The predicted molar refractivity (Wildman–Crippen MR) is 145 cm³/mol. The molecule has 0 saturated heterocycles. The Labute approximate surface area is 224 Å². The van der Waals surface area contributed by atoms with Gasteiger partial charge in [0.15, 0.2) is 5.00 Å². The van der Waals surface area contributed by atoms with Crippen LogP contribution in [-0.4, -0.2) is 49.8 Å². The third-order valence-corrected chi connectivity index (χ3v) is 5.87. The van der Waals surface area contributed by atoms with Gasteiger partial charge in [-0.05, 0) is 61.9 Å². The number of ether oxygens (including phenoxy) is 3. The van der Waals surface area contributed by atoms with Gasteiger partial charge in [0.05, 0.1) is 30.3 Å². The molecule has 2 rings (SSSR count). The van der Waals surface area contributed by atoms with Crippen molar-refractivity contribution in [1.82, 2.24) is 0 Å².